The fourth-order valence-electron chi connectivity index (χ4n) is 3.63. The van der Waals surface area contributed by atoms with Gasteiger partial charge in [-0.15, -0.1) is 0 Å². The van der Waals surface area contributed by atoms with Crippen molar-refractivity contribution in [1.29, 1.82) is 0 Å². The number of rotatable bonds is 5. The van der Waals surface area contributed by atoms with Crippen molar-refractivity contribution in [3.8, 4) is 0 Å². The lowest BCUT2D eigenvalue weighted by Crippen LogP contribution is -2.22. The van der Waals surface area contributed by atoms with Crippen LogP contribution < -0.4 is 0 Å². The summed E-state index contributed by atoms with van der Waals surface area (Å²) < 4.78 is 51.8. The lowest BCUT2D eigenvalue weighted by Gasteiger charge is -2.16. The van der Waals surface area contributed by atoms with Crippen molar-refractivity contribution in [2.24, 2.45) is 4.99 Å². The van der Waals surface area contributed by atoms with E-state index in [0.717, 1.165) is 12.3 Å². The number of carboxylic acid groups (broad SMARTS) is 1. The first-order chi connectivity index (χ1) is 14.1. The number of pyridine rings is 2. The molecule has 1 fully saturated rings. The molecular formula is C20H20F3N3O4S. The molecule has 7 nitrogen and oxygen atoms in total. The molecule has 11 heteroatoms. The number of halogens is 3. The number of hydrogen-bond donors (Lipinski definition) is 1. The Morgan fingerprint density at radius 2 is 1.94 bits per heavy atom. The van der Waals surface area contributed by atoms with Gasteiger partial charge in [0.15, 0.2) is 0 Å². The van der Waals surface area contributed by atoms with Crippen LogP contribution in [0.5, 0.6) is 0 Å². The Balaban J connectivity index is 0.00000272. The average Bonchev–Trinajstić information content (AvgIpc) is 3.46. The maximum Gasteiger partial charge on any atom is 0.417 e. The van der Waals surface area contributed by atoms with Crippen LogP contribution in [0.25, 0.3) is 0 Å². The lowest BCUT2D eigenvalue weighted by molar-refractivity contribution is -0.140. The Bertz CT molecular complexity index is 1110. The number of alkyl halides is 3. The van der Waals surface area contributed by atoms with Crippen LogP contribution in [0.15, 0.2) is 34.4 Å². The Hall–Kier alpha value is -2.66. The molecule has 2 unspecified atom stereocenters. The Kier molecular flexibility index (Phi) is 5.78. The van der Waals surface area contributed by atoms with Crippen LogP contribution in [-0.4, -0.2) is 42.2 Å². The molecule has 0 spiro atoms. The number of carbonyl (C=O) groups is 1. The van der Waals surface area contributed by atoms with Crippen LogP contribution in [0.2, 0.25) is 0 Å². The van der Waals surface area contributed by atoms with E-state index in [9.17, 15) is 27.3 Å². The van der Waals surface area contributed by atoms with Crippen LogP contribution >= 0.6 is 0 Å². The van der Waals surface area contributed by atoms with E-state index < -0.39 is 39.8 Å². The van der Waals surface area contributed by atoms with Crippen molar-refractivity contribution >= 4 is 28.2 Å². The summed E-state index contributed by atoms with van der Waals surface area (Å²) >= 11 is 0. The minimum Gasteiger partial charge on any atom is -0.481 e. The summed E-state index contributed by atoms with van der Waals surface area (Å²) in [6, 6.07) is 2.54. The van der Waals surface area contributed by atoms with E-state index in [4.69, 9.17) is 0 Å². The molecule has 0 bridgehead atoms. The van der Waals surface area contributed by atoms with Gasteiger partial charge in [-0.05, 0) is 30.5 Å². The van der Waals surface area contributed by atoms with Gasteiger partial charge in [-0.1, -0.05) is 13.8 Å². The molecule has 2 atom stereocenters. The smallest absolute Gasteiger partial charge is 0.417 e. The van der Waals surface area contributed by atoms with E-state index in [2.05, 4.69) is 15.0 Å². The van der Waals surface area contributed by atoms with Crippen molar-refractivity contribution in [3.63, 3.8) is 0 Å². The molecule has 1 aliphatic heterocycles. The third-order valence-corrected chi connectivity index (χ3v) is 6.93. The van der Waals surface area contributed by atoms with Crippen LogP contribution in [0.4, 0.5) is 18.9 Å². The van der Waals surface area contributed by atoms with E-state index >= 15 is 0 Å². The van der Waals surface area contributed by atoms with E-state index in [0.29, 0.717) is 40.4 Å². The highest BCUT2D eigenvalue weighted by molar-refractivity contribution is 7.85. The van der Waals surface area contributed by atoms with Crippen LogP contribution in [-0.2, 0) is 27.2 Å². The number of nitrogens with zero attached hydrogens (tertiary/aromatic N) is 3. The van der Waals surface area contributed by atoms with Crippen LogP contribution in [0, 0.1) is 0 Å². The summed E-state index contributed by atoms with van der Waals surface area (Å²) in [5.74, 6) is -1.11. The molecule has 1 aliphatic carbocycles. The Labute approximate surface area is 178 Å². The van der Waals surface area contributed by atoms with E-state index in [1.54, 1.807) is 19.9 Å². The van der Waals surface area contributed by atoms with Crippen molar-refractivity contribution < 1.29 is 32.8 Å². The third-order valence-electron chi connectivity index (χ3n) is 5.60. The second-order valence-electron chi connectivity index (χ2n) is 7.44. The zero-order valence-corrected chi connectivity index (χ0v) is 17.5. The maximum absolute atomic E-state index is 13.0. The first kappa shape index (κ1) is 23.0. The van der Waals surface area contributed by atoms with Gasteiger partial charge < -0.3 is 10.6 Å². The minimum absolute atomic E-state index is 0. The van der Waals surface area contributed by atoms with Crippen molar-refractivity contribution in [2.75, 3.05) is 5.75 Å². The van der Waals surface area contributed by atoms with Crippen molar-refractivity contribution in [3.05, 3.63) is 47.0 Å². The Morgan fingerprint density at radius 1 is 1.26 bits per heavy atom. The van der Waals surface area contributed by atoms with Gasteiger partial charge in [0.2, 0.25) is 0 Å². The van der Waals surface area contributed by atoms with Gasteiger partial charge >= 0.3 is 12.1 Å². The minimum atomic E-state index is -4.53. The predicted octanol–water partition coefficient (Wildman–Crippen LogP) is 3.15. The SMILES string of the molecule is CCS(=O)c1cc(C2(C(=O)O)CC2)cnc1C1=Nc2cc(C(F)(F)F)cnc2C1C.O. The van der Waals surface area contributed by atoms with E-state index in [1.807, 2.05) is 0 Å². The molecule has 2 aliphatic rings. The third kappa shape index (κ3) is 3.76. The zero-order valence-electron chi connectivity index (χ0n) is 16.7. The highest BCUT2D eigenvalue weighted by atomic mass is 32.2. The molecule has 3 heterocycles. The van der Waals surface area contributed by atoms with Crippen molar-refractivity contribution in [2.45, 2.75) is 49.1 Å². The summed E-state index contributed by atoms with van der Waals surface area (Å²) in [5.41, 5.74) is -0.238. The summed E-state index contributed by atoms with van der Waals surface area (Å²) in [7, 11) is -1.46. The number of aliphatic imine (C=N–C) groups is 1. The molecule has 0 aromatic carbocycles. The molecule has 2 aromatic heterocycles. The molecule has 0 saturated heterocycles. The van der Waals surface area contributed by atoms with Gasteiger partial charge in [0, 0.05) is 24.1 Å². The molecule has 0 radical (unpaired) electrons. The standard InChI is InChI=1S/C20H18F3N3O3S.H2O/c1-3-30(29)14-7-11(19(4-5-19)18(27)28)8-25-17(14)16-10(2)15-13(26-16)6-12(9-24-15)20(21,22)23;/h6-10H,3-5H2,1-2H3,(H,27,28);1H2. The Morgan fingerprint density at radius 3 is 2.48 bits per heavy atom. The molecular weight excluding hydrogens is 435 g/mol. The average molecular weight is 455 g/mol. The molecule has 2 aromatic rings. The molecule has 31 heavy (non-hydrogen) atoms. The topological polar surface area (TPSA) is 124 Å². The lowest BCUT2D eigenvalue weighted by atomic mass is 9.95. The second-order valence-corrected chi connectivity index (χ2v) is 9.15. The van der Waals surface area contributed by atoms with Crippen LogP contribution in [0.1, 0.15) is 55.1 Å². The van der Waals surface area contributed by atoms with E-state index in [1.165, 1.54) is 6.20 Å². The van der Waals surface area contributed by atoms with Gasteiger partial charge in [0.05, 0.1) is 43.8 Å². The second kappa shape index (κ2) is 7.79. The first-order valence-corrected chi connectivity index (χ1v) is 10.7. The van der Waals surface area contributed by atoms with Gasteiger partial charge in [0.1, 0.15) is 5.69 Å². The van der Waals surface area contributed by atoms with E-state index in [-0.39, 0.29) is 16.9 Å². The highest BCUT2D eigenvalue weighted by Crippen LogP contribution is 2.49. The quantitative estimate of drug-likeness (QED) is 0.742. The molecule has 3 N–H and O–H groups in total. The fourth-order valence-corrected chi connectivity index (χ4v) is 4.58. The van der Waals surface area contributed by atoms with Crippen molar-refractivity contribution in [1.82, 2.24) is 9.97 Å². The monoisotopic (exact) mass is 455 g/mol. The summed E-state index contributed by atoms with van der Waals surface area (Å²) in [5, 5.41) is 9.55. The number of aromatic nitrogens is 2. The highest BCUT2D eigenvalue weighted by Gasteiger charge is 2.52. The van der Waals surface area contributed by atoms with Gasteiger partial charge in [-0.25, -0.2) is 4.99 Å². The fraction of sp³-hybridized carbons (Fsp3) is 0.400. The summed E-state index contributed by atoms with van der Waals surface area (Å²) in [4.78, 5) is 24.7. The predicted molar refractivity (Wildman–Crippen MR) is 107 cm³/mol. The summed E-state index contributed by atoms with van der Waals surface area (Å²) in [6.07, 6.45) is -1.35. The summed E-state index contributed by atoms with van der Waals surface area (Å²) in [6.45, 7) is 3.47. The molecule has 4 rings (SSSR count). The van der Waals surface area contributed by atoms with Gasteiger partial charge in [-0.2, -0.15) is 13.2 Å². The van der Waals surface area contributed by atoms with Gasteiger partial charge in [-0.3, -0.25) is 19.0 Å². The zero-order chi connectivity index (χ0) is 21.8. The largest absolute Gasteiger partial charge is 0.481 e. The number of aliphatic carboxylic acids is 1. The van der Waals surface area contributed by atoms with Crippen LogP contribution in [0.3, 0.4) is 0 Å². The van der Waals surface area contributed by atoms with Gasteiger partial charge in [0.25, 0.3) is 0 Å². The number of carboxylic acids is 1. The number of hydrogen-bond acceptors (Lipinski definition) is 5. The molecule has 1 saturated carbocycles. The molecule has 166 valence electrons. The maximum atomic E-state index is 13.0. The first-order valence-electron chi connectivity index (χ1n) is 9.37. The molecule has 0 amide bonds. The normalized spacial score (nSPS) is 19.8. The number of fused-ring (bicyclic) bond motifs is 1.